The van der Waals surface area contributed by atoms with E-state index in [0.29, 0.717) is 23.4 Å². The summed E-state index contributed by atoms with van der Waals surface area (Å²) in [7, 11) is 1.49. The van der Waals surface area contributed by atoms with Gasteiger partial charge in [-0.15, -0.1) is 0 Å². The van der Waals surface area contributed by atoms with E-state index in [0.717, 1.165) is 17.7 Å². The van der Waals surface area contributed by atoms with E-state index in [1.54, 1.807) is 19.1 Å². The topological polar surface area (TPSA) is 65.3 Å². The molecule has 6 heteroatoms. The highest BCUT2D eigenvalue weighted by molar-refractivity contribution is 5.45. The zero-order valence-electron chi connectivity index (χ0n) is 13.4. The van der Waals surface area contributed by atoms with E-state index in [-0.39, 0.29) is 0 Å². The number of nitrogens with zero attached hydrogens (tertiary/aromatic N) is 1. The van der Waals surface area contributed by atoms with E-state index >= 15 is 0 Å². The van der Waals surface area contributed by atoms with Crippen molar-refractivity contribution in [2.24, 2.45) is 0 Å². The molecule has 2 atom stereocenters. The van der Waals surface area contributed by atoms with E-state index in [9.17, 15) is 13.9 Å². The van der Waals surface area contributed by atoms with E-state index in [2.05, 4.69) is 11.4 Å². The molecule has 0 saturated carbocycles. The first-order valence-corrected chi connectivity index (χ1v) is 7.39. The van der Waals surface area contributed by atoms with E-state index in [4.69, 9.17) is 10.00 Å². The number of halogens is 2. The lowest BCUT2D eigenvalue weighted by molar-refractivity contribution is 0.135. The molecule has 2 aromatic carbocycles. The molecule has 0 heterocycles. The van der Waals surface area contributed by atoms with Crippen molar-refractivity contribution in [3.63, 3.8) is 0 Å². The highest BCUT2D eigenvalue weighted by Crippen LogP contribution is 2.21. The molecule has 0 amide bonds. The summed E-state index contributed by atoms with van der Waals surface area (Å²) in [4.78, 5) is 0. The van der Waals surface area contributed by atoms with Gasteiger partial charge in [-0.2, -0.15) is 5.26 Å². The molecule has 126 valence electrons. The number of nitriles is 1. The van der Waals surface area contributed by atoms with Crippen molar-refractivity contribution in [2.75, 3.05) is 7.11 Å². The van der Waals surface area contributed by atoms with Crippen molar-refractivity contribution >= 4 is 0 Å². The first-order valence-electron chi connectivity index (χ1n) is 7.39. The molecule has 0 aliphatic rings. The van der Waals surface area contributed by atoms with Crippen LogP contribution in [-0.2, 0) is 6.54 Å². The molecule has 0 saturated heterocycles. The standard InChI is InChI=1S/C18H18F2N2O2/c1-11(18(23)13-4-5-15(19)16(20)8-13)22-10-12-3-6-17(24-2)14(7-12)9-21/h3-8,11,18,22-23H,10H2,1-2H3. The zero-order valence-corrected chi connectivity index (χ0v) is 13.4. The lowest BCUT2D eigenvalue weighted by atomic mass is 10.0. The fraction of sp³-hybridized carbons (Fsp3) is 0.278. The Hall–Kier alpha value is -2.49. The van der Waals surface area contributed by atoms with Gasteiger partial charge in [0.1, 0.15) is 11.8 Å². The van der Waals surface area contributed by atoms with Gasteiger partial charge in [0, 0.05) is 12.6 Å². The summed E-state index contributed by atoms with van der Waals surface area (Å²) in [6.45, 7) is 2.14. The molecule has 0 aromatic heterocycles. The second-order valence-corrected chi connectivity index (χ2v) is 5.43. The second-order valence-electron chi connectivity index (χ2n) is 5.43. The number of aliphatic hydroxyl groups is 1. The normalized spacial score (nSPS) is 13.2. The van der Waals surface area contributed by atoms with Crippen LogP contribution in [0.25, 0.3) is 0 Å². The maximum atomic E-state index is 13.3. The Morgan fingerprint density at radius 2 is 1.96 bits per heavy atom. The maximum absolute atomic E-state index is 13.3. The van der Waals surface area contributed by atoms with E-state index in [1.807, 2.05) is 6.07 Å². The fourth-order valence-corrected chi connectivity index (χ4v) is 2.33. The quantitative estimate of drug-likeness (QED) is 0.853. The molecule has 4 nitrogen and oxygen atoms in total. The van der Waals surface area contributed by atoms with Crippen molar-refractivity contribution < 1.29 is 18.6 Å². The predicted molar refractivity (Wildman–Crippen MR) is 85.3 cm³/mol. The Morgan fingerprint density at radius 1 is 1.21 bits per heavy atom. The van der Waals surface area contributed by atoms with Gasteiger partial charge in [0.05, 0.1) is 18.8 Å². The lowest BCUT2D eigenvalue weighted by Gasteiger charge is -2.21. The number of nitrogens with one attached hydrogen (secondary N) is 1. The van der Waals surface area contributed by atoms with Gasteiger partial charge >= 0.3 is 0 Å². The smallest absolute Gasteiger partial charge is 0.159 e. The van der Waals surface area contributed by atoms with Gasteiger partial charge in [0.2, 0.25) is 0 Å². The number of hydrogen-bond donors (Lipinski definition) is 2. The second kappa shape index (κ2) is 7.86. The van der Waals surface area contributed by atoms with E-state index in [1.165, 1.54) is 13.2 Å². The Balaban J connectivity index is 2.03. The third-order valence-electron chi connectivity index (χ3n) is 3.77. The fourth-order valence-electron chi connectivity index (χ4n) is 2.33. The van der Waals surface area contributed by atoms with Crippen molar-refractivity contribution in [1.82, 2.24) is 5.32 Å². The van der Waals surface area contributed by atoms with Crippen molar-refractivity contribution in [3.05, 3.63) is 64.7 Å². The summed E-state index contributed by atoms with van der Waals surface area (Å²) in [6.07, 6.45) is -0.992. The molecule has 0 spiro atoms. The van der Waals surface area contributed by atoms with Gasteiger partial charge in [-0.3, -0.25) is 0 Å². The first kappa shape index (κ1) is 17.9. The molecule has 0 radical (unpaired) electrons. The molecule has 0 fully saturated rings. The van der Waals surface area contributed by atoms with Crippen molar-refractivity contribution in [2.45, 2.75) is 25.6 Å². The van der Waals surface area contributed by atoms with Gasteiger partial charge in [-0.1, -0.05) is 12.1 Å². The Morgan fingerprint density at radius 3 is 2.58 bits per heavy atom. The summed E-state index contributed by atoms with van der Waals surface area (Å²) >= 11 is 0. The molecular weight excluding hydrogens is 314 g/mol. The number of ether oxygens (including phenoxy) is 1. The Bertz CT molecular complexity index is 759. The van der Waals surface area contributed by atoms with Crippen LogP contribution in [-0.4, -0.2) is 18.3 Å². The van der Waals surface area contributed by atoms with Gasteiger partial charge in [-0.25, -0.2) is 8.78 Å². The van der Waals surface area contributed by atoms with Crippen LogP contribution in [0.3, 0.4) is 0 Å². The first-order chi connectivity index (χ1) is 11.5. The Kier molecular flexibility index (Phi) is 5.85. The molecule has 0 aliphatic carbocycles. The minimum absolute atomic E-state index is 0.293. The maximum Gasteiger partial charge on any atom is 0.159 e. The summed E-state index contributed by atoms with van der Waals surface area (Å²) in [5.41, 5.74) is 1.56. The minimum atomic E-state index is -0.993. The SMILES string of the molecule is COc1ccc(CNC(C)C(O)c2ccc(F)c(F)c2)cc1C#N. The molecular formula is C18H18F2N2O2. The summed E-state index contributed by atoms with van der Waals surface area (Å²) in [5.74, 6) is -1.45. The molecule has 2 unspecified atom stereocenters. The highest BCUT2D eigenvalue weighted by atomic mass is 19.2. The molecule has 2 aromatic rings. The molecule has 2 rings (SSSR count). The summed E-state index contributed by atoms with van der Waals surface area (Å²) in [6, 6.07) is 10.2. The monoisotopic (exact) mass is 332 g/mol. The molecule has 0 aliphatic heterocycles. The lowest BCUT2D eigenvalue weighted by Crippen LogP contribution is -2.31. The average molecular weight is 332 g/mol. The van der Waals surface area contributed by atoms with Crippen LogP contribution in [0.15, 0.2) is 36.4 Å². The number of methoxy groups -OCH3 is 1. The van der Waals surface area contributed by atoms with Crippen LogP contribution in [0.1, 0.15) is 29.7 Å². The number of benzene rings is 2. The number of rotatable bonds is 6. The zero-order chi connectivity index (χ0) is 17.7. The van der Waals surface area contributed by atoms with Crippen LogP contribution in [0.5, 0.6) is 5.75 Å². The molecule has 2 N–H and O–H groups in total. The third kappa shape index (κ3) is 4.07. The average Bonchev–Trinajstić information content (AvgIpc) is 2.60. The number of aliphatic hydroxyl groups excluding tert-OH is 1. The highest BCUT2D eigenvalue weighted by Gasteiger charge is 2.17. The van der Waals surface area contributed by atoms with Gasteiger partial charge in [0.25, 0.3) is 0 Å². The van der Waals surface area contributed by atoms with Gasteiger partial charge < -0.3 is 15.2 Å². The van der Waals surface area contributed by atoms with Crippen LogP contribution >= 0.6 is 0 Å². The van der Waals surface area contributed by atoms with Crippen LogP contribution in [0.2, 0.25) is 0 Å². The van der Waals surface area contributed by atoms with Crippen LogP contribution < -0.4 is 10.1 Å². The predicted octanol–water partition coefficient (Wildman–Crippen LogP) is 3.06. The van der Waals surface area contributed by atoms with Gasteiger partial charge in [-0.05, 0) is 42.3 Å². The Labute approximate surface area is 139 Å². The molecule has 24 heavy (non-hydrogen) atoms. The third-order valence-corrected chi connectivity index (χ3v) is 3.77. The van der Waals surface area contributed by atoms with Crippen molar-refractivity contribution in [1.29, 1.82) is 5.26 Å². The summed E-state index contributed by atoms with van der Waals surface area (Å²) in [5, 5.41) is 22.4. The molecule has 0 bridgehead atoms. The van der Waals surface area contributed by atoms with E-state index < -0.39 is 23.8 Å². The number of hydrogen-bond acceptors (Lipinski definition) is 4. The van der Waals surface area contributed by atoms with Gasteiger partial charge in [0.15, 0.2) is 11.6 Å². The van der Waals surface area contributed by atoms with Crippen LogP contribution in [0, 0.1) is 23.0 Å². The minimum Gasteiger partial charge on any atom is -0.495 e. The largest absolute Gasteiger partial charge is 0.495 e. The van der Waals surface area contributed by atoms with Crippen molar-refractivity contribution in [3.8, 4) is 11.8 Å². The van der Waals surface area contributed by atoms with Crippen LogP contribution in [0.4, 0.5) is 8.78 Å². The summed E-state index contributed by atoms with van der Waals surface area (Å²) < 4.78 is 31.3.